The lowest BCUT2D eigenvalue weighted by atomic mass is 10.3. The Morgan fingerprint density at radius 1 is 1.19 bits per heavy atom. The van der Waals surface area contributed by atoms with Gasteiger partial charge in [-0.25, -0.2) is 0 Å². The van der Waals surface area contributed by atoms with Crippen LogP contribution in [0.3, 0.4) is 0 Å². The minimum Gasteiger partial charge on any atom is -0.321 e. The van der Waals surface area contributed by atoms with Crippen LogP contribution in [0.4, 0.5) is 5.69 Å². The van der Waals surface area contributed by atoms with Crippen LogP contribution in [0.25, 0.3) is 0 Å². The first kappa shape index (κ1) is 11.8. The van der Waals surface area contributed by atoms with E-state index < -0.39 is 0 Å². The third-order valence-corrected chi connectivity index (χ3v) is 4.67. The van der Waals surface area contributed by atoms with Crippen molar-refractivity contribution in [1.29, 1.82) is 0 Å². The molecule has 0 bridgehead atoms. The van der Waals surface area contributed by atoms with E-state index in [1.165, 1.54) is 11.3 Å². The molecule has 0 aliphatic rings. The highest BCUT2D eigenvalue weighted by molar-refractivity contribution is 9.13. The number of anilines is 1. The summed E-state index contributed by atoms with van der Waals surface area (Å²) in [4.78, 5) is 12.5. The van der Waals surface area contributed by atoms with Crippen molar-refractivity contribution in [2.45, 2.75) is 0 Å². The Hall–Kier alpha value is -0.650. The summed E-state index contributed by atoms with van der Waals surface area (Å²) in [5.41, 5.74) is 0.772. The zero-order valence-electron chi connectivity index (χ0n) is 8.04. The quantitative estimate of drug-likeness (QED) is 0.837. The Labute approximate surface area is 114 Å². The van der Waals surface area contributed by atoms with Crippen molar-refractivity contribution < 1.29 is 4.79 Å². The van der Waals surface area contributed by atoms with Gasteiger partial charge in [-0.1, -0.05) is 6.07 Å². The van der Waals surface area contributed by atoms with Gasteiger partial charge in [0.1, 0.15) is 0 Å². The molecule has 2 aromatic rings. The molecule has 5 heteroatoms. The summed E-state index contributed by atoms with van der Waals surface area (Å²) in [5, 5.41) is 4.71. The summed E-state index contributed by atoms with van der Waals surface area (Å²) < 4.78 is 1.87. The highest BCUT2D eigenvalue weighted by Gasteiger charge is 2.07. The summed E-state index contributed by atoms with van der Waals surface area (Å²) in [6.45, 7) is 0. The molecular weight excluding hydrogens is 354 g/mol. The van der Waals surface area contributed by atoms with Crippen LogP contribution in [0.5, 0.6) is 0 Å². The molecule has 0 aliphatic heterocycles. The Morgan fingerprint density at radius 2 is 2.00 bits per heavy atom. The van der Waals surface area contributed by atoms with Crippen molar-refractivity contribution in [3.8, 4) is 0 Å². The van der Waals surface area contributed by atoms with Crippen molar-refractivity contribution in [1.82, 2.24) is 0 Å². The summed E-state index contributed by atoms with van der Waals surface area (Å²) in [5.74, 6) is -0.0794. The number of hydrogen-bond acceptors (Lipinski definition) is 2. The number of nitrogens with one attached hydrogen (secondary N) is 1. The molecule has 1 aromatic carbocycles. The Morgan fingerprint density at radius 3 is 2.62 bits per heavy atom. The standard InChI is InChI=1S/C11H7Br2NOS/c12-8-4-3-7(6-9(8)13)14-11(15)10-2-1-5-16-10/h1-6H,(H,14,15). The number of carbonyl (C=O) groups excluding carboxylic acids is 1. The van der Waals surface area contributed by atoms with E-state index in [4.69, 9.17) is 0 Å². The SMILES string of the molecule is O=C(Nc1ccc(Br)c(Br)c1)c1cccs1. The zero-order chi connectivity index (χ0) is 11.5. The van der Waals surface area contributed by atoms with E-state index in [2.05, 4.69) is 37.2 Å². The van der Waals surface area contributed by atoms with E-state index in [9.17, 15) is 4.79 Å². The lowest BCUT2D eigenvalue weighted by Gasteiger charge is -2.04. The molecule has 0 saturated heterocycles. The van der Waals surface area contributed by atoms with E-state index in [1.807, 2.05) is 29.6 Å². The molecule has 1 aromatic heterocycles. The molecule has 16 heavy (non-hydrogen) atoms. The van der Waals surface area contributed by atoms with Crippen LogP contribution in [0.1, 0.15) is 9.67 Å². The fourth-order valence-corrected chi connectivity index (χ4v) is 2.42. The van der Waals surface area contributed by atoms with Crippen molar-refractivity contribution in [2.75, 3.05) is 5.32 Å². The first-order chi connectivity index (χ1) is 7.66. The normalized spacial score (nSPS) is 10.1. The van der Waals surface area contributed by atoms with E-state index >= 15 is 0 Å². The van der Waals surface area contributed by atoms with Gasteiger partial charge in [-0.15, -0.1) is 11.3 Å². The van der Waals surface area contributed by atoms with Crippen LogP contribution in [-0.4, -0.2) is 5.91 Å². The number of amides is 1. The molecule has 2 rings (SSSR count). The molecule has 1 N–H and O–H groups in total. The molecule has 0 spiro atoms. The number of hydrogen-bond donors (Lipinski definition) is 1. The van der Waals surface area contributed by atoms with Crippen LogP contribution in [0, 0.1) is 0 Å². The molecule has 0 aliphatic carbocycles. The van der Waals surface area contributed by atoms with Crippen LogP contribution in [-0.2, 0) is 0 Å². The maximum Gasteiger partial charge on any atom is 0.265 e. The van der Waals surface area contributed by atoms with Gasteiger partial charge in [-0.05, 0) is 61.5 Å². The molecule has 0 radical (unpaired) electrons. The lowest BCUT2D eigenvalue weighted by molar-refractivity contribution is 0.103. The molecule has 0 fully saturated rings. The van der Waals surface area contributed by atoms with Crippen LogP contribution in [0.2, 0.25) is 0 Å². The largest absolute Gasteiger partial charge is 0.321 e. The van der Waals surface area contributed by atoms with Crippen molar-refractivity contribution in [2.24, 2.45) is 0 Å². The average Bonchev–Trinajstić information content (AvgIpc) is 2.77. The summed E-state index contributed by atoms with van der Waals surface area (Å²) in [7, 11) is 0. The van der Waals surface area contributed by atoms with E-state index in [0.717, 1.165) is 14.6 Å². The van der Waals surface area contributed by atoms with E-state index in [-0.39, 0.29) is 5.91 Å². The topological polar surface area (TPSA) is 29.1 Å². The number of carbonyl (C=O) groups is 1. The van der Waals surface area contributed by atoms with Gasteiger partial charge in [-0.2, -0.15) is 0 Å². The van der Waals surface area contributed by atoms with Crippen LogP contribution < -0.4 is 5.32 Å². The predicted octanol–water partition coefficient (Wildman–Crippen LogP) is 4.53. The second-order valence-corrected chi connectivity index (χ2v) is 5.72. The Bertz CT molecular complexity index is 511. The maximum absolute atomic E-state index is 11.7. The molecular formula is C11H7Br2NOS. The number of thiophene rings is 1. The summed E-state index contributed by atoms with van der Waals surface area (Å²) >= 11 is 8.19. The van der Waals surface area contributed by atoms with Gasteiger partial charge in [0, 0.05) is 14.6 Å². The minimum absolute atomic E-state index is 0.0794. The lowest BCUT2D eigenvalue weighted by Crippen LogP contribution is -2.09. The molecule has 1 amide bonds. The number of halogens is 2. The van der Waals surface area contributed by atoms with Gasteiger partial charge < -0.3 is 5.32 Å². The fourth-order valence-electron chi connectivity index (χ4n) is 1.17. The molecule has 0 atom stereocenters. The highest BCUT2D eigenvalue weighted by Crippen LogP contribution is 2.26. The zero-order valence-corrected chi connectivity index (χ0v) is 12.0. The van der Waals surface area contributed by atoms with Crippen molar-refractivity contribution in [3.63, 3.8) is 0 Å². The fraction of sp³-hybridized carbons (Fsp3) is 0. The smallest absolute Gasteiger partial charge is 0.265 e. The Balaban J connectivity index is 2.15. The summed E-state index contributed by atoms with van der Waals surface area (Å²) in [6.07, 6.45) is 0. The van der Waals surface area contributed by atoms with Gasteiger partial charge in [0.15, 0.2) is 0 Å². The molecule has 0 saturated carbocycles. The molecule has 82 valence electrons. The average molecular weight is 361 g/mol. The van der Waals surface area contributed by atoms with Gasteiger partial charge in [-0.3, -0.25) is 4.79 Å². The van der Waals surface area contributed by atoms with Gasteiger partial charge in [0.25, 0.3) is 5.91 Å². The molecule has 2 nitrogen and oxygen atoms in total. The van der Waals surface area contributed by atoms with Gasteiger partial charge in [0.2, 0.25) is 0 Å². The van der Waals surface area contributed by atoms with Gasteiger partial charge in [0.05, 0.1) is 4.88 Å². The second-order valence-electron chi connectivity index (χ2n) is 3.06. The van der Waals surface area contributed by atoms with Crippen molar-refractivity contribution >= 4 is 54.8 Å². The third-order valence-electron chi connectivity index (χ3n) is 1.92. The minimum atomic E-state index is -0.0794. The number of rotatable bonds is 2. The molecule has 1 heterocycles. The monoisotopic (exact) mass is 359 g/mol. The predicted molar refractivity (Wildman–Crippen MR) is 74.1 cm³/mol. The highest BCUT2D eigenvalue weighted by atomic mass is 79.9. The number of benzene rings is 1. The van der Waals surface area contributed by atoms with Crippen LogP contribution in [0.15, 0.2) is 44.7 Å². The maximum atomic E-state index is 11.7. The first-order valence-corrected chi connectivity index (χ1v) is 6.93. The second kappa shape index (κ2) is 5.12. The summed E-state index contributed by atoms with van der Waals surface area (Å²) in [6, 6.07) is 9.25. The van der Waals surface area contributed by atoms with E-state index in [0.29, 0.717) is 4.88 Å². The van der Waals surface area contributed by atoms with Crippen molar-refractivity contribution in [3.05, 3.63) is 49.5 Å². The third kappa shape index (κ3) is 2.72. The van der Waals surface area contributed by atoms with Gasteiger partial charge >= 0.3 is 0 Å². The Kier molecular flexibility index (Phi) is 3.78. The van der Waals surface area contributed by atoms with Crippen LogP contribution >= 0.6 is 43.2 Å². The van der Waals surface area contributed by atoms with E-state index in [1.54, 1.807) is 6.07 Å². The molecule has 0 unspecified atom stereocenters. The first-order valence-electron chi connectivity index (χ1n) is 4.47.